The standard InChI is InChI=1S/C10H14FNS/c1-3-4-13-10-5-7(2)9(12)6-8(10)11/h5-6H,3-4,12H2,1-2H3. The van der Waals surface area contributed by atoms with Crippen molar-refractivity contribution in [2.75, 3.05) is 11.5 Å². The summed E-state index contributed by atoms with van der Waals surface area (Å²) >= 11 is 1.54. The van der Waals surface area contributed by atoms with E-state index in [0.29, 0.717) is 10.6 Å². The SMILES string of the molecule is CCCSc1cc(C)c(N)cc1F. The van der Waals surface area contributed by atoms with Crippen molar-refractivity contribution in [3.8, 4) is 0 Å². The maximum absolute atomic E-state index is 13.3. The summed E-state index contributed by atoms with van der Waals surface area (Å²) in [7, 11) is 0. The van der Waals surface area contributed by atoms with E-state index in [9.17, 15) is 4.39 Å². The van der Waals surface area contributed by atoms with Crippen LogP contribution in [0.2, 0.25) is 0 Å². The largest absolute Gasteiger partial charge is 0.398 e. The van der Waals surface area contributed by atoms with Crippen LogP contribution in [-0.4, -0.2) is 5.75 Å². The number of aryl methyl sites for hydroxylation is 1. The summed E-state index contributed by atoms with van der Waals surface area (Å²) < 4.78 is 13.3. The van der Waals surface area contributed by atoms with Gasteiger partial charge in [-0.3, -0.25) is 0 Å². The van der Waals surface area contributed by atoms with E-state index in [2.05, 4.69) is 6.92 Å². The Kier molecular flexibility index (Phi) is 3.60. The van der Waals surface area contributed by atoms with Gasteiger partial charge in [-0.1, -0.05) is 6.92 Å². The van der Waals surface area contributed by atoms with E-state index in [1.54, 1.807) is 0 Å². The van der Waals surface area contributed by atoms with Gasteiger partial charge in [0.05, 0.1) is 0 Å². The average Bonchev–Trinajstić information content (AvgIpc) is 2.09. The van der Waals surface area contributed by atoms with Crippen LogP contribution in [0.1, 0.15) is 18.9 Å². The van der Waals surface area contributed by atoms with E-state index in [4.69, 9.17) is 5.73 Å². The van der Waals surface area contributed by atoms with Crippen LogP contribution in [0, 0.1) is 12.7 Å². The second-order valence-corrected chi connectivity index (χ2v) is 4.12. The number of hydrogen-bond donors (Lipinski definition) is 1. The normalized spacial score (nSPS) is 10.4. The molecule has 13 heavy (non-hydrogen) atoms. The molecular formula is C10H14FNS. The van der Waals surface area contributed by atoms with Crippen molar-refractivity contribution >= 4 is 17.4 Å². The molecule has 0 atom stereocenters. The highest BCUT2D eigenvalue weighted by molar-refractivity contribution is 7.99. The van der Waals surface area contributed by atoms with Gasteiger partial charge in [0.1, 0.15) is 5.82 Å². The van der Waals surface area contributed by atoms with Crippen LogP contribution in [-0.2, 0) is 0 Å². The molecule has 0 bridgehead atoms. The van der Waals surface area contributed by atoms with Gasteiger partial charge in [-0.2, -0.15) is 0 Å². The van der Waals surface area contributed by atoms with Gasteiger partial charge in [0, 0.05) is 10.6 Å². The molecule has 0 heterocycles. The Morgan fingerprint density at radius 2 is 2.15 bits per heavy atom. The van der Waals surface area contributed by atoms with Crippen LogP contribution in [0.25, 0.3) is 0 Å². The molecule has 1 aromatic rings. The number of benzene rings is 1. The summed E-state index contributed by atoms with van der Waals surface area (Å²) in [5.74, 6) is 0.738. The molecule has 2 N–H and O–H groups in total. The molecule has 0 aliphatic carbocycles. The van der Waals surface area contributed by atoms with Gasteiger partial charge >= 0.3 is 0 Å². The zero-order chi connectivity index (χ0) is 9.84. The molecule has 0 aromatic heterocycles. The van der Waals surface area contributed by atoms with Crippen molar-refractivity contribution in [2.45, 2.75) is 25.2 Å². The van der Waals surface area contributed by atoms with Crippen molar-refractivity contribution < 1.29 is 4.39 Å². The highest BCUT2D eigenvalue weighted by Gasteiger charge is 2.04. The topological polar surface area (TPSA) is 26.0 Å². The molecule has 0 radical (unpaired) electrons. The molecule has 0 fully saturated rings. The first-order valence-electron chi connectivity index (χ1n) is 4.33. The summed E-state index contributed by atoms with van der Waals surface area (Å²) in [4.78, 5) is 0.702. The van der Waals surface area contributed by atoms with Crippen LogP contribution in [0.3, 0.4) is 0 Å². The van der Waals surface area contributed by atoms with Gasteiger partial charge in [0.15, 0.2) is 0 Å². The quantitative estimate of drug-likeness (QED) is 0.597. The number of hydrogen-bond acceptors (Lipinski definition) is 2. The Balaban J connectivity index is 2.88. The van der Waals surface area contributed by atoms with Gasteiger partial charge in [-0.05, 0) is 36.8 Å². The molecule has 1 nitrogen and oxygen atoms in total. The van der Waals surface area contributed by atoms with E-state index in [0.717, 1.165) is 17.7 Å². The molecule has 1 aromatic carbocycles. The first-order chi connectivity index (χ1) is 6.15. The maximum Gasteiger partial charge on any atom is 0.138 e. The third-order valence-corrected chi connectivity index (χ3v) is 3.02. The summed E-state index contributed by atoms with van der Waals surface area (Å²) in [6, 6.07) is 3.21. The Labute approximate surface area is 82.5 Å². The summed E-state index contributed by atoms with van der Waals surface area (Å²) in [5.41, 5.74) is 7.04. The lowest BCUT2D eigenvalue weighted by Crippen LogP contribution is -1.93. The minimum Gasteiger partial charge on any atom is -0.398 e. The average molecular weight is 199 g/mol. The molecule has 0 saturated carbocycles. The highest BCUT2D eigenvalue weighted by atomic mass is 32.2. The second-order valence-electron chi connectivity index (χ2n) is 2.99. The molecule has 0 aliphatic rings. The summed E-state index contributed by atoms with van der Waals surface area (Å²) in [5, 5.41) is 0. The highest BCUT2D eigenvalue weighted by Crippen LogP contribution is 2.26. The van der Waals surface area contributed by atoms with Gasteiger partial charge in [-0.15, -0.1) is 11.8 Å². The third kappa shape index (κ3) is 2.62. The maximum atomic E-state index is 13.3. The minimum atomic E-state index is -0.207. The van der Waals surface area contributed by atoms with Crippen LogP contribution >= 0.6 is 11.8 Å². The molecule has 3 heteroatoms. The fraction of sp³-hybridized carbons (Fsp3) is 0.400. The van der Waals surface area contributed by atoms with E-state index in [1.807, 2.05) is 13.0 Å². The zero-order valence-electron chi connectivity index (χ0n) is 7.93. The fourth-order valence-electron chi connectivity index (χ4n) is 0.993. The van der Waals surface area contributed by atoms with Gasteiger partial charge in [0.2, 0.25) is 0 Å². The Hall–Kier alpha value is -0.700. The van der Waals surface area contributed by atoms with E-state index in [1.165, 1.54) is 17.8 Å². The lowest BCUT2D eigenvalue weighted by Gasteiger charge is -2.05. The van der Waals surface area contributed by atoms with Crippen LogP contribution in [0.4, 0.5) is 10.1 Å². The lowest BCUT2D eigenvalue weighted by molar-refractivity contribution is 0.602. The Morgan fingerprint density at radius 1 is 1.46 bits per heavy atom. The summed E-state index contributed by atoms with van der Waals surface area (Å²) in [6.45, 7) is 3.97. The number of thioether (sulfide) groups is 1. The summed E-state index contributed by atoms with van der Waals surface area (Å²) in [6.07, 6.45) is 1.05. The Bertz CT molecular complexity index is 299. The van der Waals surface area contributed by atoms with E-state index >= 15 is 0 Å². The van der Waals surface area contributed by atoms with Crippen molar-refractivity contribution in [3.05, 3.63) is 23.5 Å². The number of rotatable bonds is 3. The predicted octanol–water partition coefficient (Wildman–Crippen LogP) is 3.22. The minimum absolute atomic E-state index is 0.207. The number of halogens is 1. The molecule has 1 rings (SSSR count). The first kappa shape index (κ1) is 10.4. The third-order valence-electron chi connectivity index (χ3n) is 1.78. The smallest absolute Gasteiger partial charge is 0.138 e. The molecule has 0 saturated heterocycles. The molecule has 0 unspecified atom stereocenters. The molecule has 0 aliphatic heterocycles. The van der Waals surface area contributed by atoms with E-state index < -0.39 is 0 Å². The van der Waals surface area contributed by atoms with Gasteiger partial charge in [0.25, 0.3) is 0 Å². The van der Waals surface area contributed by atoms with Crippen LogP contribution in [0.5, 0.6) is 0 Å². The van der Waals surface area contributed by atoms with Crippen LogP contribution < -0.4 is 5.73 Å². The van der Waals surface area contributed by atoms with Gasteiger partial charge < -0.3 is 5.73 Å². The van der Waals surface area contributed by atoms with Crippen LogP contribution in [0.15, 0.2) is 17.0 Å². The molecular weight excluding hydrogens is 185 g/mol. The molecule has 0 spiro atoms. The first-order valence-corrected chi connectivity index (χ1v) is 5.32. The molecule has 0 amide bonds. The zero-order valence-corrected chi connectivity index (χ0v) is 8.75. The fourth-order valence-corrected chi connectivity index (χ4v) is 1.87. The van der Waals surface area contributed by atoms with E-state index in [-0.39, 0.29) is 5.82 Å². The van der Waals surface area contributed by atoms with Crippen molar-refractivity contribution in [3.63, 3.8) is 0 Å². The van der Waals surface area contributed by atoms with Crippen molar-refractivity contribution in [2.24, 2.45) is 0 Å². The number of anilines is 1. The molecule has 72 valence electrons. The number of nitrogen functional groups attached to an aromatic ring is 1. The Morgan fingerprint density at radius 3 is 2.77 bits per heavy atom. The predicted molar refractivity (Wildman–Crippen MR) is 56.6 cm³/mol. The van der Waals surface area contributed by atoms with Crippen molar-refractivity contribution in [1.29, 1.82) is 0 Å². The second kappa shape index (κ2) is 4.51. The van der Waals surface area contributed by atoms with Gasteiger partial charge in [-0.25, -0.2) is 4.39 Å². The monoisotopic (exact) mass is 199 g/mol. The number of nitrogens with two attached hydrogens (primary N) is 1. The lowest BCUT2D eigenvalue weighted by atomic mass is 10.2. The van der Waals surface area contributed by atoms with Crippen molar-refractivity contribution in [1.82, 2.24) is 0 Å².